The number of nitrogens with one attached hydrogen (secondary N) is 2. The molecule has 0 bridgehead atoms. The van der Waals surface area contributed by atoms with Crippen LogP contribution in [0.4, 0.5) is 10.8 Å². The van der Waals surface area contributed by atoms with Crippen LogP contribution in [0, 0.1) is 5.92 Å². The number of carboxylic acids is 1. The number of para-hydroxylation sites is 2. The SMILES string of the molecule is CC(C)COc1ccccc1NC(=O)CC(=O)Nc1nc(CC(=O)O)cs1. The number of carboxylic acid groups (broad SMARTS) is 1. The lowest BCUT2D eigenvalue weighted by Gasteiger charge is -2.13. The highest BCUT2D eigenvalue weighted by Gasteiger charge is 2.14. The summed E-state index contributed by atoms with van der Waals surface area (Å²) >= 11 is 1.10. The maximum Gasteiger partial charge on any atom is 0.309 e. The predicted molar refractivity (Wildman–Crippen MR) is 102 cm³/mol. The number of anilines is 2. The van der Waals surface area contributed by atoms with Gasteiger partial charge in [0.2, 0.25) is 11.8 Å². The molecule has 0 saturated carbocycles. The maximum atomic E-state index is 12.1. The van der Waals surface area contributed by atoms with Crippen LogP contribution in [0.3, 0.4) is 0 Å². The Morgan fingerprint density at radius 3 is 2.59 bits per heavy atom. The highest BCUT2D eigenvalue weighted by Crippen LogP contribution is 2.24. The molecule has 0 fully saturated rings. The van der Waals surface area contributed by atoms with E-state index in [1.807, 2.05) is 13.8 Å². The number of ether oxygens (including phenoxy) is 1. The first-order chi connectivity index (χ1) is 12.8. The van der Waals surface area contributed by atoms with E-state index in [1.54, 1.807) is 29.6 Å². The van der Waals surface area contributed by atoms with Gasteiger partial charge in [-0.3, -0.25) is 14.4 Å². The van der Waals surface area contributed by atoms with Crippen LogP contribution < -0.4 is 15.4 Å². The van der Waals surface area contributed by atoms with Gasteiger partial charge in [-0.1, -0.05) is 26.0 Å². The molecule has 27 heavy (non-hydrogen) atoms. The quantitative estimate of drug-likeness (QED) is 0.566. The van der Waals surface area contributed by atoms with E-state index in [4.69, 9.17) is 9.84 Å². The van der Waals surface area contributed by atoms with E-state index in [0.717, 1.165) is 11.3 Å². The van der Waals surface area contributed by atoms with Crippen molar-refractivity contribution in [2.45, 2.75) is 26.7 Å². The van der Waals surface area contributed by atoms with E-state index in [1.165, 1.54) is 0 Å². The molecular weight excluding hydrogens is 370 g/mol. The molecule has 1 heterocycles. The largest absolute Gasteiger partial charge is 0.491 e. The van der Waals surface area contributed by atoms with Crippen LogP contribution in [0.15, 0.2) is 29.6 Å². The molecular formula is C18H21N3O5S. The minimum atomic E-state index is -1.00. The number of carbonyl (C=O) groups is 3. The Morgan fingerprint density at radius 2 is 1.89 bits per heavy atom. The average Bonchev–Trinajstić information content (AvgIpc) is 2.99. The van der Waals surface area contributed by atoms with Gasteiger partial charge in [0.15, 0.2) is 5.13 Å². The fourth-order valence-electron chi connectivity index (χ4n) is 2.06. The van der Waals surface area contributed by atoms with Crippen LogP contribution in [0.25, 0.3) is 0 Å². The summed E-state index contributed by atoms with van der Waals surface area (Å²) in [6.45, 7) is 4.55. The van der Waals surface area contributed by atoms with Gasteiger partial charge >= 0.3 is 5.97 Å². The van der Waals surface area contributed by atoms with Gasteiger partial charge in [-0.05, 0) is 18.1 Å². The number of aromatic nitrogens is 1. The lowest BCUT2D eigenvalue weighted by atomic mass is 10.2. The summed E-state index contributed by atoms with van der Waals surface area (Å²) in [5.74, 6) is -1.15. The van der Waals surface area contributed by atoms with Crippen LogP contribution in [-0.4, -0.2) is 34.5 Å². The number of rotatable bonds is 9. The van der Waals surface area contributed by atoms with Gasteiger partial charge in [-0.25, -0.2) is 4.98 Å². The van der Waals surface area contributed by atoms with Gasteiger partial charge in [-0.2, -0.15) is 0 Å². The number of hydrogen-bond acceptors (Lipinski definition) is 6. The van der Waals surface area contributed by atoms with Crippen molar-refractivity contribution < 1.29 is 24.2 Å². The highest BCUT2D eigenvalue weighted by atomic mass is 32.1. The predicted octanol–water partition coefficient (Wildman–Crippen LogP) is 2.77. The number of thiazole rings is 1. The number of nitrogens with zero attached hydrogens (tertiary/aromatic N) is 1. The second kappa shape index (κ2) is 9.67. The number of aliphatic carboxylic acids is 1. The van der Waals surface area contributed by atoms with Gasteiger partial charge in [0, 0.05) is 5.38 Å². The summed E-state index contributed by atoms with van der Waals surface area (Å²) in [5, 5.41) is 15.7. The van der Waals surface area contributed by atoms with Crippen LogP contribution in [0.5, 0.6) is 5.75 Å². The summed E-state index contributed by atoms with van der Waals surface area (Å²) in [7, 11) is 0. The fourth-order valence-corrected chi connectivity index (χ4v) is 2.78. The normalized spacial score (nSPS) is 10.5. The fraction of sp³-hybridized carbons (Fsp3) is 0.333. The molecule has 0 aliphatic heterocycles. The zero-order chi connectivity index (χ0) is 19.8. The molecule has 0 radical (unpaired) electrons. The molecule has 0 spiro atoms. The summed E-state index contributed by atoms with van der Waals surface area (Å²) in [4.78, 5) is 38.8. The third-order valence-electron chi connectivity index (χ3n) is 3.18. The van der Waals surface area contributed by atoms with Crippen molar-refractivity contribution in [3.8, 4) is 5.75 Å². The van der Waals surface area contributed by atoms with Crippen molar-refractivity contribution in [3.63, 3.8) is 0 Å². The number of amides is 2. The summed E-state index contributed by atoms with van der Waals surface area (Å²) in [6, 6.07) is 7.01. The third-order valence-corrected chi connectivity index (χ3v) is 3.99. The van der Waals surface area contributed by atoms with Crippen molar-refractivity contribution in [2.75, 3.05) is 17.2 Å². The average molecular weight is 391 g/mol. The van der Waals surface area contributed by atoms with Crippen LogP contribution in [-0.2, 0) is 20.8 Å². The smallest absolute Gasteiger partial charge is 0.309 e. The first kappa shape index (κ1) is 20.4. The lowest BCUT2D eigenvalue weighted by Crippen LogP contribution is -2.21. The Balaban J connectivity index is 1.89. The Labute approximate surface area is 160 Å². The number of benzene rings is 1. The molecule has 8 nitrogen and oxygen atoms in total. The zero-order valence-electron chi connectivity index (χ0n) is 15.0. The van der Waals surface area contributed by atoms with Crippen molar-refractivity contribution in [1.82, 2.24) is 4.98 Å². The van der Waals surface area contributed by atoms with Gasteiger partial charge in [0.1, 0.15) is 12.2 Å². The van der Waals surface area contributed by atoms with E-state index in [2.05, 4.69) is 15.6 Å². The van der Waals surface area contributed by atoms with Crippen LogP contribution in [0.1, 0.15) is 26.0 Å². The molecule has 2 aromatic rings. The minimum absolute atomic E-state index is 0.222. The molecule has 0 aliphatic rings. The third kappa shape index (κ3) is 7.06. The second-order valence-electron chi connectivity index (χ2n) is 6.19. The van der Waals surface area contributed by atoms with E-state index in [-0.39, 0.29) is 11.6 Å². The second-order valence-corrected chi connectivity index (χ2v) is 7.05. The number of hydrogen-bond donors (Lipinski definition) is 3. The monoisotopic (exact) mass is 391 g/mol. The zero-order valence-corrected chi connectivity index (χ0v) is 15.8. The van der Waals surface area contributed by atoms with Crippen molar-refractivity contribution in [2.24, 2.45) is 5.92 Å². The molecule has 2 rings (SSSR count). The molecule has 144 valence electrons. The van der Waals surface area contributed by atoms with E-state index >= 15 is 0 Å². The molecule has 9 heteroatoms. The first-order valence-electron chi connectivity index (χ1n) is 8.31. The van der Waals surface area contributed by atoms with Gasteiger partial charge in [0.25, 0.3) is 0 Å². The summed E-state index contributed by atoms with van der Waals surface area (Å²) < 4.78 is 5.66. The van der Waals surface area contributed by atoms with Crippen molar-refractivity contribution in [1.29, 1.82) is 0 Å². The maximum absolute atomic E-state index is 12.1. The molecule has 0 unspecified atom stereocenters. The van der Waals surface area contributed by atoms with E-state index < -0.39 is 24.2 Å². The summed E-state index contributed by atoms with van der Waals surface area (Å²) in [5.41, 5.74) is 0.845. The molecule has 0 atom stereocenters. The highest BCUT2D eigenvalue weighted by molar-refractivity contribution is 7.13. The molecule has 3 N–H and O–H groups in total. The summed E-state index contributed by atoms with van der Waals surface area (Å²) in [6.07, 6.45) is -0.619. The molecule has 2 amide bonds. The Hall–Kier alpha value is -2.94. The molecule has 1 aromatic heterocycles. The lowest BCUT2D eigenvalue weighted by molar-refractivity contribution is -0.136. The Bertz CT molecular complexity index is 819. The molecule has 0 aliphatic carbocycles. The van der Waals surface area contributed by atoms with Gasteiger partial charge < -0.3 is 20.5 Å². The Morgan fingerprint density at radius 1 is 1.19 bits per heavy atom. The van der Waals surface area contributed by atoms with Crippen molar-refractivity contribution >= 4 is 39.9 Å². The van der Waals surface area contributed by atoms with Crippen LogP contribution in [0.2, 0.25) is 0 Å². The van der Waals surface area contributed by atoms with E-state index in [0.29, 0.717) is 29.7 Å². The number of carbonyl (C=O) groups excluding carboxylic acids is 2. The topological polar surface area (TPSA) is 118 Å². The molecule has 1 aromatic carbocycles. The van der Waals surface area contributed by atoms with Crippen LogP contribution >= 0.6 is 11.3 Å². The first-order valence-corrected chi connectivity index (χ1v) is 9.19. The van der Waals surface area contributed by atoms with E-state index in [9.17, 15) is 14.4 Å². The van der Waals surface area contributed by atoms with Gasteiger partial charge in [0.05, 0.1) is 24.4 Å². The van der Waals surface area contributed by atoms with Gasteiger partial charge in [-0.15, -0.1) is 11.3 Å². The standard InChI is InChI=1S/C18H21N3O5S/c1-11(2)9-26-14-6-4-3-5-13(14)20-15(22)8-16(23)21-18-19-12(10-27-18)7-17(24)25/h3-6,10-11H,7-9H2,1-2H3,(H,20,22)(H,24,25)(H,19,21,23). The minimum Gasteiger partial charge on any atom is -0.491 e. The Kier molecular flexibility index (Phi) is 7.30. The molecule has 0 saturated heterocycles. The van der Waals surface area contributed by atoms with Crippen molar-refractivity contribution in [3.05, 3.63) is 35.3 Å².